The van der Waals surface area contributed by atoms with Crippen molar-refractivity contribution in [2.75, 3.05) is 0 Å². The van der Waals surface area contributed by atoms with Gasteiger partial charge in [0.25, 0.3) is 5.91 Å². The van der Waals surface area contributed by atoms with Crippen LogP contribution in [0.2, 0.25) is 5.02 Å². The fourth-order valence-electron chi connectivity index (χ4n) is 2.20. The lowest BCUT2D eigenvalue weighted by molar-refractivity contribution is 0.0909. The second-order valence-corrected chi connectivity index (χ2v) is 6.72. The Bertz CT molecular complexity index is 839. The van der Waals surface area contributed by atoms with Crippen molar-refractivity contribution in [1.82, 2.24) is 20.1 Å². The Balaban J connectivity index is 1.62. The molecule has 3 heterocycles. The van der Waals surface area contributed by atoms with Crippen LogP contribution in [-0.2, 0) is 13.0 Å². The van der Waals surface area contributed by atoms with Crippen LogP contribution in [0.4, 0.5) is 0 Å². The molecule has 3 aromatic rings. The monoisotopic (exact) mass is 364 g/mol. The van der Waals surface area contributed by atoms with Crippen LogP contribution in [0.1, 0.15) is 46.9 Å². The van der Waals surface area contributed by atoms with E-state index in [9.17, 15) is 4.79 Å². The zero-order valence-corrected chi connectivity index (χ0v) is 14.9. The highest BCUT2D eigenvalue weighted by atomic mass is 35.5. The highest BCUT2D eigenvalue weighted by Gasteiger charge is 2.17. The number of nitrogens with zero attached hydrogens (tertiary/aromatic N) is 3. The van der Waals surface area contributed by atoms with E-state index in [0.29, 0.717) is 17.3 Å². The maximum Gasteiger partial charge on any atom is 0.287 e. The summed E-state index contributed by atoms with van der Waals surface area (Å²) in [7, 11) is 0. The standard InChI is InChI=1S/C16H17ClN4O2S/c1-3-15-20-13(9-24-15)10(2)19-16(22)14-5-4-12(23-14)8-21-7-11(17)6-18-21/h4-7,9-10H,3,8H2,1-2H3,(H,19,22). The summed E-state index contributed by atoms with van der Waals surface area (Å²) in [5, 5.41) is 10.6. The molecule has 3 rings (SSSR count). The highest BCUT2D eigenvalue weighted by Crippen LogP contribution is 2.18. The molecule has 6 nitrogen and oxygen atoms in total. The maximum absolute atomic E-state index is 12.3. The highest BCUT2D eigenvalue weighted by molar-refractivity contribution is 7.09. The average molecular weight is 365 g/mol. The van der Waals surface area contributed by atoms with Gasteiger partial charge < -0.3 is 9.73 Å². The van der Waals surface area contributed by atoms with Crippen LogP contribution in [0.25, 0.3) is 0 Å². The summed E-state index contributed by atoms with van der Waals surface area (Å²) in [5.41, 5.74) is 0.864. The molecule has 0 saturated carbocycles. The predicted molar refractivity (Wildman–Crippen MR) is 92.4 cm³/mol. The zero-order chi connectivity index (χ0) is 17.1. The molecule has 1 amide bonds. The summed E-state index contributed by atoms with van der Waals surface area (Å²) >= 11 is 7.43. The van der Waals surface area contributed by atoms with Crippen molar-refractivity contribution in [3.05, 3.63) is 57.2 Å². The van der Waals surface area contributed by atoms with Crippen LogP contribution in [-0.4, -0.2) is 20.7 Å². The van der Waals surface area contributed by atoms with Gasteiger partial charge >= 0.3 is 0 Å². The molecule has 0 radical (unpaired) electrons. The third-order valence-corrected chi connectivity index (χ3v) is 4.67. The molecule has 126 valence electrons. The van der Waals surface area contributed by atoms with Crippen molar-refractivity contribution in [1.29, 1.82) is 0 Å². The van der Waals surface area contributed by atoms with Crippen LogP contribution in [0.3, 0.4) is 0 Å². The van der Waals surface area contributed by atoms with Crippen molar-refractivity contribution < 1.29 is 9.21 Å². The number of carbonyl (C=O) groups excluding carboxylic acids is 1. The number of aryl methyl sites for hydroxylation is 1. The molecule has 0 spiro atoms. The second kappa shape index (κ2) is 7.19. The lowest BCUT2D eigenvalue weighted by Crippen LogP contribution is -2.26. The van der Waals surface area contributed by atoms with E-state index < -0.39 is 0 Å². The number of halogens is 1. The molecular weight excluding hydrogens is 348 g/mol. The first-order valence-electron chi connectivity index (χ1n) is 7.57. The van der Waals surface area contributed by atoms with Crippen LogP contribution in [0.15, 0.2) is 34.3 Å². The largest absolute Gasteiger partial charge is 0.454 e. The molecule has 0 aliphatic heterocycles. The van der Waals surface area contributed by atoms with Gasteiger partial charge in [-0.3, -0.25) is 9.48 Å². The Kier molecular flexibility index (Phi) is 5.01. The normalized spacial score (nSPS) is 12.3. The molecule has 0 aliphatic rings. The van der Waals surface area contributed by atoms with Gasteiger partial charge in [0.2, 0.25) is 0 Å². The van der Waals surface area contributed by atoms with Gasteiger partial charge in [-0.1, -0.05) is 18.5 Å². The summed E-state index contributed by atoms with van der Waals surface area (Å²) < 4.78 is 7.23. The number of amides is 1. The minimum Gasteiger partial charge on any atom is -0.454 e. The van der Waals surface area contributed by atoms with Crippen LogP contribution in [0.5, 0.6) is 0 Å². The number of carbonyl (C=O) groups is 1. The lowest BCUT2D eigenvalue weighted by atomic mass is 10.2. The first kappa shape index (κ1) is 16.7. The number of nitrogens with one attached hydrogen (secondary N) is 1. The van der Waals surface area contributed by atoms with Gasteiger partial charge in [0, 0.05) is 11.6 Å². The van der Waals surface area contributed by atoms with Crippen molar-refractivity contribution in [3.8, 4) is 0 Å². The molecule has 0 bridgehead atoms. The minimum atomic E-state index is -0.265. The van der Waals surface area contributed by atoms with E-state index in [1.165, 1.54) is 0 Å². The average Bonchev–Trinajstić information content (AvgIpc) is 3.28. The fourth-order valence-corrected chi connectivity index (χ4v) is 3.19. The second-order valence-electron chi connectivity index (χ2n) is 5.34. The molecule has 1 N–H and O–H groups in total. The van der Waals surface area contributed by atoms with E-state index in [0.717, 1.165) is 17.1 Å². The summed E-state index contributed by atoms with van der Waals surface area (Å²) in [4.78, 5) is 16.8. The van der Waals surface area contributed by atoms with Crippen molar-refractivity contribution in [2.24, 2.45) is 0 Å². The summed E-state index contributed by atoms with van der Waals surface area (Å²) in [5.74, 6) is 0.633. The minimum absolute atomic E-state index is 0.174. The van der Waals surface area contributed by atoms with Crippen molar-refractivity contribution in [2.45, 2.75) is 32.9 Å². The van der Waals surface area contributed by atoms with Crippen molar-refractivity contribution >= 4 is 28.8 Å². The number of aromatic nitrogens is 3. The molecule has 0 aromatic carbocycles. The summed E-state index contributed by atoms with van der Waals surface area (Å²) in [6, 6.07) is 3.24. The van der Waals surface area contributed by atoms with Gasteiger partial charge in [-0.2, -0.15) is 5.10 Å². The molecule has 0 saturated heterocycles. The Morgan fingerprint density at radius 1 is 1.50 bits per heavy atom. The topological polar surface area (TPSA) is 73.0 Å². The smallest absolute Gasteiger partial charge is 0.287 e. The van der Waals surface area contributed by atoms with Gasteiger partial charge in [0.15, 0.2) is 5.76 Å². The summed E-state index contributed by atoms with van der Waals surface area (Å²) in [6.07, 6.45) is 4.14. The SMILES string of the molecule is CCc1nc(C(C)NC(=O)c2ccc(Cn3cc(Cl)cn3)o2)cs1. The van der Waals surface area contributed by atoms with E-state index >= 15 is 0 Å². The Morgan fingerprint density at radius 2 is 2.33 bits per heavy atom. The molecule has 8 heteroatoms. The van der Waals surface area contributed by atoms with Crippen molar-refractivity contribution in [3.63, 3.8) is 0 Å². The first-order chi connectivity index (χ1) is 11.5. The number of hydrogen-bond acceptors (Lipinski definition) is 5. The molecular formula is C16H17ClN4O2S. The quantitative estimate of drug-likeness (QED) is 0.724. The van der Waals surface area contributed by atoms with Crippen LogP contribution >= 0.6 is 22.9 Å². The maximum atomic E-state index is 12.3. The number of rotatable bonds is 6. The molecule has 1 atom stereocenters. The Labute approximate surface area is 148 Å². The predicted octanol–water partition coefficient (Wildman–Crippen LogP) is 3.69. The van der Waals surface area contributed by atoms with Gasteiger partial charge in [0.1, 0.15) is 5.76 Å². The molecule has 24 heavy (non-hydrogen) atoms. The molecule has 1 unspecified atom stereocenters. The van der Waals surface area contributed by atoms with E-state index in [-0.39, 0.29) is 17.7 Å². The third-order valence-electron chi connectivity index (χ3n) is 3.47. The zero-order valence-electron chi connectivity index (χ0n) is 13.3. The van der Waals surface area contributed by atoms with E-state index in [1.807, 2.05) is 12.3 Å². The van der Waals surface area contributed by atoms with E-state index in [2.05, 4.69) is 22.3 Å². The molecule has 0 fully saturated rings. The Morgan fingerprint density at radius 3 is 3.00 bits per heavy atom. The van der Waals surface area contributed by atoms with Crippen LogP contribution < -0.4 is 5.32 Å². The fraction of sp³-hybridized carbons (Fsp3) is 0.312. The first-order valence-corrected chi connectivity index (χ1v) is 8.82. The Hall–Kier alpha value is -2.12. The van der Waals surface area contributed by atoms with Gasteiger partial charge in [-0.25, -0.2) is 4.98 Å². The molecule has 0 aliphatic carbocycles. The van der Waals surface area contributed by atoms with Gasteiger partial charge in [-0.05, 0) is 25.5 Å². The van der Waals surface area contributed by atoms with E-state index in [4.69, 9.17) is 16.0 Å². The summed E-state index contributed by atoms with van der Waals surface area (Å²) in [6.45, 7) is 4.38. The molecule has 3 aromatic heterocycles. The van der Waals surface area contributed by atoms with E-state index in [1.54, 1.807) is 40.5 Å². The van der Waals surface area contributed by atoms with Gasteiger partial charge in [0.05, 0.1) is 34.5 Å². The number of hydrogen-bond donors (Lipinski definition) is 1. The van der Waals surface area contributed by atoms with Crippen LogP contribution in [0, 0.1) is 0 Å². The third kappa shape index (κ3) is 3.85. The number of thiazole rings is 1. The number of furan rings is 1. The van der Waals surface area contributed by atoms with Gasteiger partial charge in [-0.15, -0.1) is 11.3 Å². The lowest BCUT2D eigenvalue weighted by Gasteiger charge is -2.10.